The second-order valence-corrected chi connectivity index (χ2v) is 4.73. The minimum absolute atomic E-state index is 0.0507. The Balaban J connectivity index is 1.79. The topological polar surface area (TPSA) is 57.8 Å². The predicted octanol–water partition coefficient (Wildman–Crippen LogP) is 1.93. The van der Waals surface area contributed by atoms with Gasteiger partial charge in [-0.2, -0.15) is 0 Å². The zero-order valence-electron chi connectivity index (χ0n) is 11.4. The maximum atomic E-state index is 11.8. The first-order valence-corrected chi connectivity index (χ1v) is 6.46. The average Bonchev–Trinajstić information content (AvgIpc) is 2.87. The SMILES string of the molecule is Cc1ccc(CC(=O)NCCc2ncc[nH]2)cc1C. The van der Waals surface area contributed by atoms with E-state index in [2.05, 4.69) is 41.3 Å². The normalized spacial score (nSPS) is 10.4. The molecule has 4 nitrogen and oxygen atoms in total. The van der Waals surface area contributed by atoms with Crippen LogP contribution in [0.5, 0.6) is 0 Å². The van der Waals surface area contributed by atoms with Gasteiger partial charge in [-0.15, -0.1) is 0 Å². The average molecular weight is 257 g/mol. The zero-order valence-corrected chi connectivity index (χ0v) is 11.4. The molecule has 0 saturated heterocycles. The molecule has 2 rings (SSSR count). The Kier molecular flexibility index (Phi) is 4.34. The van der Waals surface area contributed by atoms with E-state index in [9.17, 15) is 4.79 Å². The Morgan fingerprint density at radius 2 is 2.16 bits per heavy atom. The van der Waals surface area contributed by atoms with Gasteiger partial charge in [-0.3, -0.25) is 4.79 Å². The number of nitrogens with one attached hydrogen (secondary N) is 2. The van der Waals surface area contributed by atoms with E-state index in [0.29, 0.717) is 13.0 Å². The van der Waals surface area contributed by atoms with E-state index in [4.69, 9.17) is 0 Å². The highest BCUT2D eigenvalue weighted by Crippen LogP contribution is 2.10. The van der Waals surface area contributed by atoms with E-state index < -0.39 is 0 Å². The predicted molar refractivity (Wildman–Crippen MR) is 74.9 cm³/mol. The van der Waals surface area contributed by atoms with Gasteiger partial charge in [-0.25, -0.2) is 4.98 Å². The van der Waals surface area contributed by atoms with Crippen molar-refractivity contribution in [2.45, 2.75) is 26.7 Å². The summed E-state index contributed by atoms with van der Waals surface area (Å²) in [6.45, 7) is 4.74. The van der Waals surface area contributed by atoms with Crippen LogP contribution in [0.1, 0.15) is 22.5 Å². The number of amides is 1. The lowest BCUT2D eigenvalue weighted by Crippen LogP contribution is -2.27. The van der Waals surface area contributed by atoms with Crippen molar-refractivity contribution in [3.05, 3.63) is 53.1 Å². The van der Waals surface area contributed by atoms with Crippen molar-refractivity contribution in [1.82, 2.24) is 15.3 Å². The fourth-order valence-corrected chi connectivity index (χ4v) is 1.92. The molecule has 0 fully saturated rings. The van der Waals surface area contributed by atoms with Gasteiger partial charge in [0.05, 0.1) is 6.42 Å². The Morgan fingerprint density at radius 1 is 1.32 bits per heavy atom. The molecule has 0 radical (unpaired) electrons. The number of hydrogen-bond acceptors (Lipinski definition) is 2. The number of H-pyrrole nitrogens is 1. The summed E-state index contributed by atoms with van der Waals surface area (Å²) in [5, 5.41) is 2.90. The molecular weight excluding hydrogens is 238 g/mol. The lowest BCUT2D eigenvalue weighted by atomic mass is 10.0. The molecule has 4 heteroatoms. The zero-order chi connectivity index (χ0) is 13.7. The van der Waals surface area contributed by atoms with Crippen LogP contribution in [0.2, 0.25) is 0 Å². The number of carbonyl (C=O) groups is 1. The summed E-state index contributed by atoms with van der Waals surface area (Å²) in [5.41, 5.74) is 3.53. The van der Waals surface area contributed by atoms with E-state index in [-0.39, 0.29) is 5.91 Å². The fourth-order valence-electron chi connectivity index (χ4n) is 1.92. The van der Waals surface area contributed by atoms with Gasteiger partial charge in [0, 0.05) is 25.4 Å². The Bertz CT molecular complexity index is 547. The third kappa shape index (κ3) is 3.95. The van der Waals surface area contributed by atoms with E-state index >= 15 is 0 Å². The number of rotatable bonds is 5. The standard InChI is InChI=1S/C15H19N3O/c1-11-3-4-13(9-12(11)2)10-15(19)18-6-5-14-16-7-8-17-14/h3-4,7-9H,5-6,10H2,1-2H3,(H,16,17)(H,18,19). The van der Waals surface area contributed by atoms with Gasteiger partial charge >= 0.3 is 0 Å². The maximum absolute atomic E-state index is 11.8. The molecule has 0 aliphatic carbocycles. The molecule has 1 amide bonds. The number of nitrogens with zero attached hydrogens (tertiary/aromatic N) is 1. The number of carbonyl (C=O) groups excluding carboxylic acids is 1. The number of aromatic amines is 1. The van der Waals surface area contributed by atoms with Crippen LogP contribution in [0.15, 0.2) is 30.6 Å². The summed E-state index contributed by atoms with van der Waals surface area (Å²) in [5.74, 6) is 0.946. The van der Waals surface area contributed by atoms with E-state index in [0.717, 1.165) is 17.8 Å². The van der Waals surface area contributed by atoms with Crippen LogP contribution in [-0.2, 0) is 17.6 Å². The summed E-state index contributed by atoms with van der Waals surface area (Å²) in [6.07, 6.45) is 4.66. The molecule has 0 bridgehead atoms. The van der Waals surface area contributed by atoms with Crippen molar-refractivity contribution in [2.75, 3.05) is 6.54 Å². The minimum atomic E-state index is 0.0507. The summed E-state index contributed by atoms with van der Waals surface area (Å²) in [7, 11) is 0. The van der Waals surface area contributed by atoms with Crippen LogP contribution < -0.4 is 5.32 Å². The highest BCUT2D eigenvalue weighted by atomic mass is 16.1. The van der Waals surface area contributed by atoms with Crippen LogP contribution in [0.25, 0.3) is 0 Å². The van der Waals surface area contributed by atoms with Crippen molar-refractivity contribution in [3.8, 4) is 0 Å². The van der Waals surface area contributed by atoms with Crippen LogP contribution in [0.4, 0.5) is 0 Å². The molecule has 100 valence electrons. The lowest BCUT2D eigenvalue weighted by molar-refractivity contribution is -0.120. The molecule has 0 saturated carbocycles. The molecule has 19 heavy (non-hydrogen) atoms. The first-order valence-electron chi connectivity index (χ1n) is 6.46. The number of imidazole rings is 1. The van der Waals surface area contributed by atoms with Gasteiger partial charge in [0.2, 0.25) is 5.91 Å². The van der Waals surface area contributed by atoms with Gasteiger partial charge in [-0.1, -0.05) is 18.2 Å². The van der Waals surface area contributed by atoms with Crippen LogP contribution in [-0.4, -0.2) is 22.4 Å². The van der Waals surface area contributed by atoms with Crippen LogP contribution in [0.3, 0.4) is 0 Å². The minimum Gasteiger partial charge on any atom is -0.355 e. The molecule has 0 aliphatic rings. The van der Waals surface area contributed by atoms with Crippen LogP contribution >= 0.6 is 0 Å². The van der Waals surface area contributed by atoms with Gasteiger partial charge in [0.1, 0.15) is 5.82 Å². The molecule has 1 aromatic carbocycles. The van der Waals surface area contributed by atoms with E-state index in [1.54, 1.807) is 12.4 Å². The number of benzene rings is 1. The van der Waals surface area contributed by atoms with Crippen molar-refractivity contribution in [3.63, 3.8) is 0 Å². The molecule has 2 aromatic rings. The lowest BCUT2D eigenvalue weighted by Gasteiger charge is -2.06. The van der Waals surface area contributed by atoms with Crippen LogP contribution in [0, 0.1) is 13.8 Å². The van der Waals surface area contributed by atoms with Crippen molar-refractivity contribution in [2.24, 2.45) is 0 Å². The maximum Gasteiger partial charge on any atom is 0.224 e. The molecule has 0 spiro atoms. The summed E-state index contributed by atoms with van der Waals surface area (Å²) in [4.78, 5) is 18.9. The Hall–Kier alpha value is -2.10. The third-order valence-electron chi connectivity index (χ3n) is 3.17. The smallest absolute Gasteiger partial charge is 0.224 e. The number of aryl methyl sites for hydroxylation is 2. The van der Waals surface area contributed by atoms with Crippen molar-refractivity contribution < 1.29 is 4.79 Å². The molecule has 1 aromatic heterocycles. The highest BCUT2D eigenvalue weighted by molar-refractivity contribution is 5.78. The molecule has 2 N–H and O–H groups in total. The van der Waals surface area contributed by atoms with Gasteiger partial charge in [-0.05, 0) is 30.5 Å². The van der Waals surface area contributed by atoms with Gasteiger partial charge < -0.3 is 10.3 Å². The number of hydrogen-bond donors (Lipinski definition) is 2. The largest absolute Gasteiger partial charge is 0.355 e. The second kappa shape index (κ2) is 6.18. The summed E-state index contributed by atoms with van der Waals surface area (Å²) >= 11 is 0. The first kappa shape index (κ1) is 13.3. The molecule has 0 atom stereocenters. The van der Waals surface area contributed by atoms with E-state index in [1.165, 1.54) is 11.1 Å². The quantitative estimate of drug-likeness (QED) is 0.860. The number of aromatic nitrogens is 2. The Morgan fingerprint density at radius 3 is 2.84 bits per heavy atom. The van der Waals surface area contributed by atoms with Crippen molar-refractivity contribution >= 4 is 5.91 Å². The van der Waals surface area contributed by atoms with E-state index in [1.807, 2.05) is 6.07 Å². The molecule has 1 heterocycles. The highest BCUT2D eigenvalue weighted by Gasteiger charge is 2.04. The van der Waals surface area contributed by atoms with Gasteiger partial charge in [0.15, 0.2) is 0 Å². The third-order valence-corrected chi connectivity index (χ3v) is 3.17. The van der Waals surface area contributed by atoms with Crippen molar-refractivity contribution in [1.29, 1.82) is 0 Å². The van der Waals surface area contributed by atoms with Gasteiger partial charge in [0.25, 0.3) is 0 Å². The Labute approximate surface area is 113 Å². The monoisotopic (exact) mass is 257 g/mol. The molecule has 0 unspecified atom stereocenters. The fraction of sp³-hybridized carbons (Fsp3) is 0.333. The second-order valence-electron chi connectivity index (χ2n) is 4.73. The first-order chi connectivity index (χ1) is 9.15. The summed E-state index contributed by atoms with van der Waals surface area (Å²) < 4.78 is 0. The molecular formula is C15H19N3O. The summed E-state index contributed by atoms with van der Waals surface area (Å²) in [6, 6.07) is 6.14. The molecule has 0 aliphatic heterocycles.